The van der Waals surface area contributed by atoms with Crippen LogP contribution >= 0.6 is 23.4 Å². The van der Waals surface area contributed by atoms with Gasteiger partial charge < -0.3 is 5.32 Å². The third kappa shape index (κ3) is 5.27. The van der Waals surface area contributed by atoms with Gasteiger partial charge in [0.1, 0.15) is 0 Å². The Labute approximate surface area is 105 Å². The van der Waals surface area contributed by atoms with E-state index in [-0.39, 0.29) is 34.6 Å². The number of nitrogens with one attached hydrogen (secondary N) is 1. The molecule has 0 aliphatic rings. The molecule has 1 aromatic rings. The molecule has 0 aliphatic carbocycles. The quantitative estimate of drug-likeness (QED) is 0.865. The Kier molecular flexibility index (Phi) is 5.07. The second kappa shape index (κ2) is 6.11. The van der Waals surface area contributed by atoms with Crippen LogP contribution in [0.4, 0.5) is 13.2 Å². The van der Waals surface area contributed by atoms with Gasteiger partial charge in [-0.3, -0.25) is 9.78 Å². The monoisotopic (exact) mass is 284 g/mol. The van der Waals surface area contributed by atoms with E-state index in [0.29, 0.717) is 0 Å². The molecule has 0 saturated carbocycles. The van der Waals surface area contributed by atoms with E-state index in [1.54, 1.807) is 0 Å². The number of hydrogen-bond acceptors (Lipinski definition) is 3. The van der Waals surface area contributed by atoms with Gasteiger partial charge in [-0.05, 0) is 17.8 Å². The third-order valence-electron chi connectivity index (χ3n) is 1.67. The molecule has 3 nitrogen and oxygen atoms in total. The summed E-state index contributed by atoms with van der Waals surface area (Å²) < 4.78 is 35.4. The van der Waals surface area contributed by atoms with Crippen molar-refractivity contribution in [3.05, 3.63) is 29.0 Å². The fourth-order valence-corrected chi connectivity index (χ4v) is 1.63. The first-order valence-electron chi connectivity index (χ1n) is 4.48. The van der Waals surface area contributed by atoms with E-state index < -0.39 is 11.4 Å². The van der Waals surface area contributed by atoms with Crippen molar-refractivity contribution >= 4 is 29.3 Å². The lowest BCUT2D eigenvalue weighted by Crippen LogP contribution is -2.26. The molecular weight excluding hydrogens is 277 g/mol. The molecule has 1 amide bonds. The number of alkyl halides is 3. The summed E-state index contributed by atoms with van der Waals surface area (Å²) >= 11 is 5.51. The Balaban J connectivity index is 2.39. The standard InChI is InChI=1S/C9H8ClF3N2OS/c10-7-5-14-2-1-6(7)8(16)15-3-4-17-9(11,12)13/h1-2,5H,3-4H2,(H,15,16). The molecule has 0 atom stereocenters. The first-order valence-corrected chi connectivity index (χ1v) is 5.85. The summed E-state index contributed by atoms with van der Waals surface area (Å²) in [6.45, 7) is -0.0817. The average Bonchev–Trinajstić information content (AvgIpc) is 2.23. The highest BCUT2D eigenvalue weighted by Gasteiger charge is 2.27. The molecule has 0 aliphatic heterocycles. The molecule has 1 heterocycles. The molecule has 17 heavy (non-hydrogen) atoms. The van der Waals surface area contributed by atoms with Gasteiger partial charge in [0, 0.05) is 24.7 Å². The minimum absolute atomic E-state index is 0.0817. The Hall–Kier alpha value is -0.950. The Morgan fingerprint density at radius 1 is 1.53 bits per heavy atom. The molecule has 0 unspecified atom stereocenters. The van der Waals surface area contributed by atoms with Crippen LogP contribution in [0.15, 0.2) is 18.5 Å². The normalized spacial score (nSPS) is 11.3. The summed E-state index contributed by atoms with van der Waals surface area (Å²) in [5, 5.41) is 2.50. The molecule has 0 aromatic carbocycles. The number of hydrogen-bond donors (Lipinski definition) is 1. The zero-order chi connectivity index (χ0) is 12.9. The van der Waals surface area contributed by atoms with Crippen molar-refractivity contribution in [2.75, 3.05) is 12.3 Å². The zero-order valence-corrected chi connectivity index (χ0v) is 9.99. The van der Waals surface area contributed by atoms with Crippen LogP contribution in [0.1, 0.15) is 10.4 Å². The summed E-state index contributed by atoms with van der Waals surface area (Å²) in [7, 11) is 0. The highest BCUT2D eigenvalue weighted by Crippen LogP contribution is 2.29. The van der Waals surface area contributed by atoms with Crippen molar-refractivity contribution in [3.8, 4) is 0 Å². The van der Waals surface area contributed by atoms with Gasteiger partial charge in [0.15, 0.2) is 0 Å². The SMILES string of the molecule is O=C(NCCSC(F)(F)F)c1ccncc1Cl. The number of halogens is 4. The predicted octanol–water partition coefficient (Wildman–Crippen LogP) is 2.72. The lowest BCUT2D eigenvalue weighted by Gasteiger charge is -2.07. The van der Waals surface area contributed by atoms with Gasteiger partial charge in [-0.25, -0.2) is 0 Å². The van der Waals surface area contributed by atoms with Crippen LogP contribution in [-0.2, 0) is 0 Å². The molecule has 8 heteroatoms. The van der Waals surface area contributed by atoms with Crippen molar-refractivity contribution in [2.24, 2.45) is 0 Å². The zero-order valence-electron chi connectivity index (χ0n) is 8.42. The van der Waals surface area contributed by atoms with Crippen LogP contribution in [0.25, 0.3) is 0 Å². The van der Waals surface area contributed by atoms with Crippen LogP contribution < -0.4 is 5.32 Å². The number of pyridine rings is 1. The van der Waals surface area contributed by atoms with Crippen LogP contribution in [0.3, 0.4) is 0 Å². The maximum atomic E-state index is 11.8. The van der Waals surface area contributed by atoms with Crippen LogP contribution in [0.5, 0.6) is 0 Å². The number of rotatable bonds is 4. The lowest BCUT2D eigenvalue weighted by atomic mass is 10.2. The van der Waals surface area contributed by atoms with Crippen molar-refractivity contribution < 1.29 is 18.0 Å². The summed E-state index contributed by atoms with van der Waals surface area (Å²) in [4.78, 5) is 15.2. The maximum Gasteiger partial charge on any atom is 0.441 e. The van der Waals surface area contributed by atoms with Gasteiger partial charge in [-0.15, -0.1) is 0 Å². The number of thioether (sulfide) groups is 1. The van der Waals surface area contributed by atoms with Gasteiger partial charge >= 0.3 is 5.51 Å². The van der Waals surface area contributed by atoms with Crippen LogP contribution in [0.2, 0.25) is 5.02 Å². The third-order valence-corrected chi connectivity index (χ3v) is 2.71. The number of aromatic nitrogens is 1. The Morgan fingerprint density at radius 2 is 2.24 bits per heavy atom. The largest absolute Gasteiger partial charge is 0.441 e. The van der Waals surface area contributed by atoms with E-state index in [0.717, 1.165) is 0 Å². The first kappa shape index (κ1) is 14.1. The van der Waals surface area contributed by atoms with Gasteiger partial charge in [0.05, 0.1) is 10.6 Å². The van der Waals surface area contributed by atoms with E-state index in [9.17, 15) is 18.0 Å². The first-order chi connectivity index (χ1) is 7.90. The number of nitrogens with zero attached hydrogens (tertiary/aromatic N) is 1. The molecule has 0 spiro atoms. The molecule has 1 rings (SSSR count). The molecule has 0 bridgehead atoms. The number of carbonyl (C=O) groups is 1. The summed E-state index contributed by atoms with van der Waals surface area (Å²) in [6.07, 6.45) is 2.67. The van der Waals surface area contributed by atoms with Gasteiger partial charge in [0.25, 0.3) is 5.91 Å². The van der Waals surface area contributed by atoms with Gasteiger partial charge in [-0.2, -0.15) is 13.2 Å². The molecule has 0 radical (unpaired) electrons. The molecule has 1 N–H and O–H groups in total. The van der Waals surface area contributed by atoms with Gasteiger partial charge in [-0.1, -0.05) is 11.6 Å². The Bertz CT molecular complexity index is 400. The molecule has 94 valence electrons. The summed E-state index contributed by atoms with van der Waals surface area (Å²) in [5.41, 5.74) is -4.09. The maximum absolute atomic E-state index is 11.8. The minimum Gasteiger partial charge on any atom is -0.351 e. The summed E-state index contributed by atoms with van der Waals surface area (Å²) in [6, 6.07) is 1.40. The summed E-state index contributed by atoms with van der Waals surface area (Å²) in [5.74, 6) is -0.752. The van der Waals surface area contributed by atoms with Crippen LogP contribution in [-0.4, -0.2) is 28.7 Å². The van der Waals surface area contributed by atoms with Crippen LogP contribution in [0, 0.1) is 0 Å². The molecule has 0 saturated heterocycles. The predicted molar refractivity (Wildman–Crippen MR) is 60.1 cm³/mol. The van der Waals surface area contributed by atoms with E-state index in [2.05, 4.69) is 10.3 Å². The molecule has 0 fully saturated rings. The lowest BCUT2D eigenvalue weighted by molar-refractivity contribution is -0.0327. The van der Waals surface area contributed by atoms with Crippen molar-refractivity contribution in [2.45, 2.75) is 5.51 Å². The van der Waals surface area contributed by atoms with Crippen molar-refractivity contribution in [1.82, 2.24) is 10.3 Å². The number of carbonyl (C=O) groups excluding carboxylic acids is 1. The topological polar surface area (TPSA) is 42.0 Å². The number of amides is 1. The van der Waals surface area contributed by atoms with E-state index in [4.69, 9.17) is 11.6 Å². The fraction of sp³-hybridized carbons (Fsp3) is 0.333. The van der Waals surface area contributed by atoms with Gasteiger partial charge in [0.2, 0.25) is 0 Å². The smallest absolute Gasteiger partial charge is 0.351 e. The van der Waals surface area contributed by atoms with E-state index in [1.807, 2.05) is 0 Å². The second-order valence-electron chi connectivity index (χ2n) is 2.91. The van der Waals surface area contributed by atoms with Crippen molar-refractivity contribution in [1.29, 1.82) is 0 Å². The Morgan fingerprint density at radius 3 is 2.82 bits per heavy atom. The minimum atomic E-state index is -4.28. The molecule has 1 aromatic heterocycles. The van der Waals surface area contributed by atoms with E-state index in [1.165, 1.54) is 18.5 Å². The molecular formula is C9H8ClF3N2OS. The fourth-order valence-electron chi connectivity index (χ4n) is 0.986. The van der Waals surface area contributed by atoms with E-state index >= 15 is 0 Å². The highest BCUT2D eigenvalue weighted by atomic mass is 35.5. The highest BCUT2D eigenvalue weighted by molar-refractivity contribution is 8.00. The average molecular weight is 285 g/mol. The second-order valence-corrected chi connectivity index (χ2v) is 4.47. The van der Waals surface area contributed by atoms with Crippen molar-refractivity contribution in [3.63, 3.8) is 0 Å².